The molecule has 0 heterocycles. The molecule has 1 aromatic carbocycles. The highest BCUT2D eigenvalue weighted by atomic mass is 16.4. The van der Waals surface area contributed by atoms with Crippen molar-refractivity contribution in [3.63, 3.8) is 0 Å². The minimum absolute atomic E-state index is 0.0603. The predicted molar refractivity (Wildman–Crippen MR) is 71.6 cm³/mol. The highest BCUT2D eigenvalue weighted by molar-refractivity contribution is 5.96. The monoisotopic (exact) mass is 261 g/mol. The lowest BCUT2D eigenvalue weighted by molar-refractivity contribution is -0.146. The van der Waals surface area contributed by atoms with Crippen LogP contribution in [0.25, 0.3) is 0 Å². The summed E-state index contributed by atoms with van der Waals surface area (Å²) in [6.45, 7) is 3.43. The Morgan fingerprint density at radius 3 is 2.32 bits per heavy atom. The zero-order chi connectivity index (χ0) is 14.0. The van der Waals surface area contributed by atoms with Crippen molar-refractivity contribution in [2.24, 2.45) is 11.8 Å². The second-order valence-electron chi connectivity index (χ2n) is 5.29. The smallest absolute Gasteiger partial charge is 0.315 e. The fraction of sp³-hybridized carbons (Fsp3) is 0.467. The van der Waals surface area contributed by atoms with Gasteiger partial charge >= 0.3 is 5.97 Å². The first kappa shape index (κ1) is 13.6. The number of aliphatic carboxylic acids is 1. The number of carboxylic acids is 1. The van der Waals surface area contributed by atoms with Crippen LogP contribution in [0.2, 0.25) is 0 Å². The van der Waals surface area contributed by atoms with Gasteiger partial charge in [-0.2, -0.15) is 0 Å². The molecule has 2 rings (SSSR count). The third-order valence-corrected chi connectivity index (χ3v) is 3.59. The molecule has 0 saturated heterocycles. The molecule has 0 aliphatic heterocycles. The normalized spacial score (nSPS) is 17.6. The lowest BCUT2D eigenvalue weighted by Gasteiger charge is -2.20. The zero-order valence-corrected chi connectivity index (χ0v) is 11.2. The van der Waals surface area contributed by atoms with Crippen molar-refractivity contribution in [1.29, 1.82) is 0 Å². The molecule has 1 fully saturated rings. The number of aryl methyl sites for hydroxylation is 1. The maximum absolute atomic E-state index is 11.9. The Morgan fingerprint density at radius 1 is 1.26 bits per heavy atom. The number of carbonyl (C=O) groups is 2. The molecule has 4 nitrogen and oxygen atoms in total. The molecule has 0 spiro atoms. The Bertz CT molecular complexity index is 477. The summed E-state index contributed by atoms with van der Waals surface area (Å²) in [5.41, 5.74) is 2.22. The molecular formula is C15H19NO3. The van der Waals surface area contributed by atoms with E-state index in [9.17, 15) is 9.59 Å². The molecule has 1 saturated carbocycles. The number of amides is 1. The van der Waals surface area contributed by atoms with Crippen molar-refractivity contribution in [3.05, 3.63) is 35.4 Å². The third kappa shape index (κ3) is 3.34. The predicted octanol–water partition coefficient (Wildman–Crippen LogP) is 2.28. The topological polar surface area (TPSA) is 66.4 Å². The van der Waals surface area contributed by atoms with E-state index >= 15 is 0 Å². The lowest BCUT2D eigenvalue weighted by Crippen LogP contribution is -2.37. The SMILES string of the molecule is Cc1ccc(C(NC(=O)C(C)C(=O)O)C2CC2)cc1. The summed E-state index contributed by atoms with van der Waals surface area (Å²) in [6, 6.07) is 7.97. The zero-order valence-electron chi connectivity index (χ0n) is 11.2. The summed E-state index contributed by atoms with van der Waals surface area (Å²) < 4.78 is 0. The van der Waals surface area contributed by atoms with Crippen molar-refractivity contribution in [2.75, 3.05) is 0 Å². The van der Waals surface area contributed by atoms with Gasteiger partial charge in [-0.1, -0.05) is 29.8 Å². The molecule has 2 unspecified atom stereocenters. The molecular weight excluding hydrogens is 242 g/mol. The molecule has 2 atom stereocenters. The van der Waals surface area contributed by atoms with Gasteiger partial charge in [-0.15, -0.1) is 0 Å². The lowest BCUT2D eigenvalue weighted by atomic mass is 10.00. The van der Waals surface area contributed by atoms with Crippen LogP contribution in [0.1, 0.15) is 36.9 Å². The Hall–Kier alpha value is -1.84. The Balaban J connectivity index is 2.11. The van der Waals surface area contributed by atoms with E-state index in [1.165, 1.54) is 12.5 Å². The van der Waals surface area contributed by atoms with Gasteiger partial charge in [0.25, 0.3) is 0 Å². The molecule has 4 heteroatoms. The Kier molecular flexibility index (Phi) is 3.88. The van der Waals surface area contributed by atoms with Gasteiger partial charge in [0, 0.05) is 0 Å². The van der Waals surface area contributed by atoms with Crippen molar-refractivity contribution in [3.8, 4) is 0 Å². The van der Waals surface area contributed by atoms with Gasteiger partial charge in [-0.25, -0.2) is 0 Å². The first-order chi connectivity index (χ1) is 8.99. The van der Waals surface area contributed by atoms with E-state index in [4.69, 9.17) is 5.11 Å². The highest BCUT2D eigenvalue weighted by Gasteiger charge is 2.35. The number of carboxylic acid groups (broad SMARTS) is 1. The molecule has 0 radical (unpaired) electrons. The van der Waals surface area contributed by atoms with Gasteiger partial charge in [0.05, 0.1) is 6.04 Å². The second kappa shape index (κ2) is 5.43. The molecule has 2 N–H and O–H groups in total. The van der Waals surface area contributed by atoms with Crippen molar-refractivity contribution in [2.45, 2.75) is 32.7 Å². The van der Waals surface area contributed by atoms with Gasteiger partial charge in [-0.3, -0.25) is 9.59 Å². The van der Waals surface area contributed by atoms with Crippen LogP contribution in [0, 0.1) is 18.8 Å². The van der Waals surface area contributed by atoms with Gasteiger partial charge in [0.15, 0.2) is 0 Å². The summed E-state index contributed by atoms with van der Waals surface area (Å²) in [6.07, 6.45) is 2.17. The van der Waals surface area contributed by atoms with Crippen LogP contribution in [0.3, 0.4) is 0 Å². The van der Waals surface area contributed by atoms with Crippen LogP contribution >= 0.6 is 0 Å². The average Bonchev–Trinajstić information content (AvgIpc) is 3.20. The molecule has 0 bridgehead atoms. The minimum Gasteiger partial charge on any atom is -0.481 e. The van der Waals surface area contributed by atoms with Gasteiger partial charge in [0.2, 0.25) is 5.91 Å². The number of benzene rings is 1. The number of hydrogen-bond acceptors (Lipinski definition) is 2. The first-order valence-electron chi connectivity index (χ1n) is 6.59. The molecule has 1 amide bonds. The first-order valence-corrected chi connectivity index (χ1v) is 6.59. The highest BCUT2D eigenvalue weighted by Crippen LogP contribution is 2.41. The summed E-state index contributed by atoms with van der Waals surface area (Å²) in [5.74, 6) is -2.07. The van der Waals surface area contributed by atoms with E-state index in [0.29, 0.717) is 5.92 Å². The molecule has 1 aliphatic rings. The Morgan fingerprint density at radius 2 is 1.84 bits per heavy atom. The minimum atomic E-state index is -1.09. The van der Waals surface area contributed by atoms with Crippen molar-refractivity contribution >= 4 is 11.9 Å². The van der Waals surface area contributed by atoms with Gasteiger partial charge in [0.1, 0.15) is 5.92 Å². The van der Waals surface area contributed by atoms with E-state index in [0.717, 1.165) is 18.4 Å². The summed E-state index contributed by atoms with van der Waals surface area (Å²) in [7, 11) is 0. The maximum Gasteiger partial charge on any atom is 0.315 e. The van der Waals surface area contributed by atoms with Crippen molar-refractivity contribution in [1.82, 2.24) is 5.32 Å². The van der Waals surface area contributed by atoms with Crippen LogP contribution in [0.4, 0.5) is 0 Å². The molecule has 0 aromatic heterocycles. The second-order valence-corrected chi connectivity index (χ2v) is 5.29. The molecule has 1 aromatic rings. The van der Waals surface area contributed by atoms with E-state index in [1.54, 1.807) is 0 Å². The van der Waals surface area contributed by atoms with E-state index in [-0.39, 0.29) is 6.04 Å². The number of rotatable bonds is 5. The molecule has 102 valence electrons. The van der Waals surface area contributed by atoms with Crippen LogP contribution in [-0.2, 0) is 9.59 Å². The summed E-state index contributed by atoms with van der Waals surface area (Å²) in [4.78, 5) is 22.7. The van der Waals surface area contributed by atoms with Crippen LogP contribution in [-0.4, -0.2) is 17.0 Å². The van der Waals surface area contributed by atoms with Crippen LogP contribution in [0.15, 0.2) is 24.3 Å². The average molecular weight is 261 g/mol. The fourth-order valence-electron chi connectivity index (χ4n) is 2.07. The number of nitrogens with one attached hydrogen (secondary N) is 1. The largest absolute Gasteiger partial charge is 0.481 e. The standard InChI is InChI=1S/C15H19NO3/c1-9-3-5-11(6-4-9)13(12-7-8-12)16-14(17)10(2)15(18)19/h3-6,10,12-13H,7-8H2,1-2H3,(H,16,17)(H,18,19). The van der Waals surface area contributed by atoms with E-state index in [1.807, 2.05) is 31.2 Å². The fourth-order valence-corrected chi connectivity index (χ4v) is 2.07. The van der Waals surface area contributed by atoms with E-state index in [2.05, 4.69) is 5.32 Å². The maximum atomic E-state index is 11.9. The molecule has 19 heavy (non-hydrogen) atoms. The van der Waals surface area contributed by atoms with Crippen LogP contribution in [0.5, 0.6) is 0 Å². The van der Waals surface area contributed by atoms with Gasteiger partial charge < -0.3 is 10.4 Å². The Labute approximate surface area is 112 Å². The van der Waals surface area contributed by atoms with Gasteiger partial charge in [-0.05, 0) is 38.2 Å². The number of hydrogen-bond donors (Lipinski definition) is 2. The number of carbonyl (C=O) groups excluding carboxylic acids is 1. The van der Waals surface area contributed by atoms with Crippen LogP contribution < -0.4 is 5.32 Å². The molecule has 1 aliphatic carbocycles. The summed E-state index contributed by atoms with van der Waals surface area (Å²) in [5, 5.41) is 11.7. The summed E-state index contributed by atoms with van der Waals surface area (Å²) >= 11 is 0. The quantitative estimate of drug-likeness (QED) is 0.799. The van der Waals surface area contributed by atoms with E-state index < -0.39 is 17.8 Å². The van der Waals surface area contributed by atoms with Crippen molar-refractivity contribution < 1.29 is 14.7 Å². The third-order valence-electron chi connectivity index (χ3n) is 3.59.